The number of Topliss-reactive ketones (excluding diaryl/α,β-unsaturated/α-hetero) is 1. The van der Waals surface area contributed by atoms with Crippen molar-refractivity contribution in [1.29, 1.82) is 0 Å². The Balaban J connectivity index is 1.85. The summed E-state index contributed by atoms with van der Waals surface area (Å²) in [5.74, 6) is 0.479. The van der Waals surface area contributed by atoms with E-state index in [9.17, 15) is 4.79 Å². The van der Waals surface area contributed by atoms with Crippen molar-refractivity contribution in [1.82, 2.24) is 0 Å². The van der Waals surface area contributed by atoms with E-state index in [1.54, 1.807) is 11.3 Å². The number of halogens is 1. The minimum absolute atomic E-state index is 0.147. The molecule has 0 aliphatic heterocycles. The van der Waals surface area contributed by atoms with Crippen LogP contribution >= 0.6 is 27.3 Å². The van der Waals surface area contributed by atoms with Gasteiger partial charge in [0, 0.05) is 16.4 Å². The van der Waals surface area contributed by atoms with Gasteiger partial charge >= 0.3 is 0 Å². The number of fused-ring (bicyclic) bond motifs is 1. The third-order valence-corrected chi connectivity index (χ3v) is 5.37. The topological polar surface area (TPSA) is 17.1 Å². The van der Waals surface area contributed by atoms with Crippen molar-refractivity contribution in [2.75, 3.05) is 0 Å². The van der Waals surface area contributed by atoms with E-state index in [0.29, 0.717) is 5.78 Å². The SMILES string of the molecule is O=C1c2ccccc2CCCC1Cc1ccc(Br)s1. The Morgan fingerprint density at radius 3 is 2.84 bits per heavy atom. The Labute approximate surface area is 125 Å². The molecule has 19 heavy (non-hydrogen) atoms. The van der Waals surface area contributed by atoms with E-state index in [-0.39, 0.29) is 5.92 Å². The van der Waals surface area contributed by atoms with Crippen LogP contribution in [0.2, 0.25) is 0 Å². The molecule has 2 aromatic rings. The van der Waals surface area contributed by atoms with Crippen molar-refractivity contribution in [3.05, 3.63) is 56.2 Å². The lowest BCUT2D eigenvalue weighted by atomic mass is 9.92. The number of ketones is 1. The average molecular weight is 335 g/mol. The molecular formula is C16H15BrOS. The second-order valence-corrected chi connectivity index (χ2v) is 7.57. The molecule has 0 spiro atoms. The second kappa shape index (κ2) is 5.59. The van der Waals surface area contributed by atoms with Crippen LogP contribution in [0.15, 0.2) is 40.2 Å². The van der Waals surface area contributed by atoms with E-state index >= 15 is 0 Å². The highest BCUT2D eigenvalue weighted by molar-refractivity contribution is 9.11. The van der Waals surface area contributed by atoms with Gasteiger partial charge in [0.1, 0.15) is 0 Å². The fraction of sp³-hybridized carbons (Fsp3) is 0.312. The highest BCUT2D eigenvalue weighted by Crippen LogP contribution is 2.30. The Bertz CT molecular complexity index is 602. The van der Waals surface area contributed by atoms with Crippen molar-refractivity contribution in [3.8, 4) is 0 Å². The van der Waals surface area contributed by atoms with Gasteiger partial charge in [-0.1, -0.05) is 24.3 Å². The minimum atomic E-state index is 0.147. The summed E-state index contributed by atoms with van der Waals surface area (Å²) in [4.78, 5) is 13.9. The van der Waals surface area contributed by atoms with Crippen LogP contribution < -0.4 is 0 Å². The fourth-order valence-corrected chi connectivity index (χ4v) is 4.33. The summed E-state index contributed by atoms with van der Waals surface area (Å²) in [6, 6.07) is 12.3. The summed E-state index contributed by atoms with van der Waals surface area (Å²) in [5, 5.41) is 0. The van der Waals surface area contributed by atoms with E-state index in [1.165, 1.54) is 10.4 Å². The standard InChI is InChI=1S/C16H15BrOS/c17-15-9-8-13(19-15)10-12-6-3-5-11-4-1-2-7-14(11)16(12)18/h1-2,4,7-9,12H,3,5-6,10H2. The summed E-state index contributed by atoms with van der Waals surface area (Å²) in [6.45, 7) is 0. The van der Waals surface area contributed by atoms with Crippen LogP contribution in [-0.2, 0) is 12.8 Å². The largest absolute Gasteiger partial charge is 0.294 e. The molecule has 1 aromatic heterocycles. The van der Waals surface area contributed by atoms with Gasteiger partial charge in [0.2, 0.25) is 0 Å². The predicted molar refractivity (Wildman–Crippen MR) is 82.9 cm³/mol. The monoisotopic (exact) mass is 334 g/mol. The molecule has 1 nitrogen and oxygen atoms in total. The summed E-state index contributed by atoms with van der Waals surface area (Å²) < 4.78 is 1.14. The molecule has 3 heteroatoms. The molecule has 0 saturated carbocycles. The van der Waals surface area contributed by atoms with Crippen LogP contribution in [0.1, 0.15) is 33.6 Å². The molecule has 0 fully saturated rings. The average Bonchev–Trinajstić information content (AvgIpc) is 2.75. The highest BCUT2D eigenvalue weighted by Gasteiger charge is 2.25. The number of carbonyl (C=O) groups excluding carboxylic acids is 1. The van der Waals surface area contributed by atoms with Gasteiger partial charge < -0.3 is 0 Å². The maximum absolute atomic E-state index is 12.6. The van der Waals surface area contributed by atoms with Gasteiger partial charge in [-0.05, 0) is 59.3 Å². The van der Waals surface area contributed by atoms with Crippen molar-refractivity contribution >= 4 is 33.0 Å². The molecule has 98 valence electrons. The van der Waals surface area contributed by atoms with E-state index in [4.69, 9.17) is 0 Å². The first-order valence-corrected chi connectivity index (χ1v) is 8.21. The molecule has 0 N–H and O–H groups in total. The summed E-state index contributed by atoms with van der Waals surface area (Å²) in [5.41, 5.74) is 2.17. The maximum Gasteiger partial charge on any atom is 0.166 e. The minimum Gasteiger partial charge on any atom is -0.294 e. The van der Waals surface area contributed by atoms with Gasteiger partial charge in [0.25, 0.3) is 0 Å². The van der Waals surface area contributed by atoms with Gasteiger partial charge in [-0.2, -0.15) is 0 Å². The van der Waals surface area contributed by atoms with E-state index in [0.717, 1.165) is 35.0 Å². The highest BCUT2D eigenvalue weighted by atomic mass is 79.9. The first-order valence-electron chi connectivity index (χ1n) is 6.60. The predicted octanol–water partition coefficient (Wildman–Crippen LogP) is 4.89. The Morgan fingerprint density at radius 1 is 1.21 bits per heavy atom. The Kier molecular flexibility index (Phi) is 3.85. The lowest BCUT2D eigenvalue weighted by Gasteiger charge is -2.12. The first-order chi connectivity index (χ1) is 9.24. The number of benzene rings is 1. The zero-order valence-electron chi connectivity index (χ0n) is 10.6. The fourth-order valence-electron chi connectivity index (χ4n) is 2.77. The van der Waals surface area contributed by atoms with Crippen LogP contribution in [0, 0.1) is 5.92 Å². The van der Waals surface area contributed by atoms with Crippen molar-refractivity contribution in [2.45, 2.75) is 25.7 Å². The van der Waals surface area contributed by atoms with Crippen LogP contribution in [0.4, 0.5) is 0 Å². The number of thiophene rings is 1. The zero-order valence-corrected chi connectivity index (χ0v) is 13.0. The molecule has 1 atom stereocenters. The number of aryl methyl sites for hydroxylation is 1. The van der Waals surface area contributed by atoms with Crippen molar-refractivity contribution in [2.24, 2.45) is 5.92 Å². The maximum atomic E-state index is 12.6. The summed E-state index contributed by atoms with van der Waals surface area (Å²) in [7, 11) is 0. The zero-order chi connectivity index (χ0) is 13.2. The molecule has 0 radical (unpaired) electrons. The van der Waals surface area contributed by atoms with Crippen LogP contribution in [0.25, 0.3) is 0 Å². The normalized spacial score (nSPS) is 19.0. The van der Waals surface area contributed by atoms with Crippen molar-refractivity contribution < 1.29 is 4.79 Å². The molecule has 3 rings (SSSR count). The summed E-state index contributed by atoms with van der Waals surface area (Å²) >= 11 is 5.22. The molecule has 1 aromatic carbocycles. The van der Waals surface area contributed by atoms with Crippen LogP contribution in [-0.4, -0.2) is 5.78 Å². The lowest BCUT2D eigenvalue weighted by Crippen LogP contribution is -2.16. The van der Waals surface area contributed by atoms with Gasteiger partial charge in [0.15, 0.2) is 5.78 Å². The quantitative estimate of drug-likeness (QED) is 0.714. The first kappa shape index (κ1) is 13.1. The number of carbonyl (C=O) groups is 1. The Hall–Kier alpha value is -0.930. The van der Waals surface area contributed by atoms with E-state index < -0.39 is 0 Å². The smallest absolute Gasteiger partial charge is 0.166 e. The van der Waals surface area contributed by atoms with Gasteiger partial charge in [-0.25, -0.2) is 0 Å². The molecule has 0 saturated heterocycles. The van der Waals surface area contributed by atoms with Gasteiger partial charge in [-0.3, -0.25) is 4.79 Å². The van der Waals surface area contributed by atoms with E-state index in [1.807, 2.05) is 18.2 Å². The molecular weight excluding hydrogens is 320 g/mol. The Morgan fingerprint density at radius 2 is 2.05 bits per heavy atom. The molecule has 1 unspecified atom stereocenters. The molecule has 0 amide bonds. The number of hydrogen-bond donors (Lipinski definition) is 0. The van der Waals surface area contributed by atoms with Crippen LogP contribution in [0.5, 0.6) is 0 Å². The molecule has 1 aliphatic carbocycles. The van der Waals surface area contributed by atoms with E-state index in [2.05, 4.69) is 34.1 Å². The third-order valence-electron chi connectivity index (χ3n) is 3.73. The molecule has 1 heterocycles. The van der Waals surface area contributed by atoms with Crippen molar-refractivity contribution in [3.63, 3.8) is 0 Å². The number of rotatable bonds is 2. The third kappa shape index (κ3) is 2.82. The molecule has 1 aliphatic rings. The molecule has 0 bridgehead atoms. The van der Waals surface area contributed by atoms with Gasteiger partial charge in [-0.15, -0.1) is 11.3 Å². The second-order valence-electron chi connectivity index (χ2n) is 5.02. The van der Waals surface area contributed by atoms with Crippen LogP contribution in [0.3, 0.4) is 0 Å². The lowest BCUT2D eigenvalue weighted by molar-refractivity contribution is 0.0916. The van der Waals surface area contributed by atoms with Gasteiger partial charge in [0.05, 0.1) is 3.79 Å². The summed E-state index contributed by atoms with van der Waals surface area (Å²) in [6.07, 6.45) is 4.03. The number of hydrogen-bond acceptors (Lipinski definition) is 2.